The topological polar surface area (TPSA) is 50.5 Å². The van der Waals surface area contributed by atoms with Crippen molar-refractivity contribution in [2.45, 2.75) is 6.54 Å². The Bertz CT molecular complexity index is 587. The van der Waals surface area contributed by atoms with Gasteiger partial charge in [-0.3, -0.25) is 9.58 Å². The number of aryl methyl sites for hydroxylation is 1. The molecule has 22 heavy (non-hydrogen) atoms. The van der Waals surface area contributed by atoms with Crippen LogP contribution in [0.2, 0.25) is 5.15 Å². The number of hydrogen-bond donors (Lipinski definition) is 1. The van der Waals surface area contributed by atoms with Gasteiger partial charge in [-0.05, 0) is 0 Å². The zero-order chi connectivity index (χ0) is 15.9. The summed E-state index contributed by atoms with van der Waals surface area (Å²) in [5.41, 5.74) is 2.89. The van der Waals surface area contributed by atoms with Gasteiger partial charge in [0.05, 0.1) is 18.9 Å². The predicted molar refractivity (Wildman–Crippen MR) is 87.9 cm³/mol. The lowest BCUT2D eigenvalue weighted by Crippen LogP contribution is -2.30. The molecule has 0 saturated carbocycles. The van der Waals surface area contributed by atoms with Gasteiger partial charge in [0.2, 0.25) is 0 Å². The van der Waals surface area contributed by atoms with Crippen LogP contribution in [0.4, 0.5) is 0 Å². The number of nitrogens with zero attached hydrogens (tertiary/aromatic N) is 3. The maximum absolute atomic E-state index is 9.24. The van der Waals surface area contributed by atoms with E-state index in [0.29, 0.717) is 24.8 Å². The fraction of sp³-hybridized carbons (Fsp3) is 0.438. The van der Waals surface area contributed by atoms with Crippen LogP contribution in [0.15, 0.2) is 30.3 Å². The molecule has 0 radical (unpaired) electrons. The van der Waals surface area contributed by atoms with E-state index in [4.69, 9.17) is 16.3 Å². The maximum Gasteiger partial charge on any atom is 0.131 e. The first-order chi connectivity index (χ1) is 10.7. The number of aliphatic hydroxyl groups is 1. The quantitative estimate of drug-likeness (QED) is 0.809. The van der Waals surface area contributed by atoms with E-state index in [9.17, 15) is 5.11 Å². The van der Waals surface area contributed by atoms with E-state index in [1.807, 2.05) is 37.4 Å². The van der Waals surface area contributed by atoms with Gasteiger partial charge in [0.15, 0.2) is 0 Å². The van der Waals surface area contributed by atoms with Gasteiger partial charge < -0.3 is 9.84 Å². The summed E-state index contributed by atoms with van der Waals surface area (Å²) in [5, 5.41) is 14.4. The van der Waals surface area contributed by atoms with Crippen molar-refractivity contribution in [1.82, 2.24) is 14.7 Å². The molecule has 1 heterocycles. The first kappa shape index (κ1) is 17.0. The molecule has 120 valence electrons. The van der Waals surface area contributed by atoms with Crippen molar-refractivity contribution in [2.24, 2.45) is 7.05 Å². The van der Waals surface area contributed by atoms with Gasteiger partial charge in [0.1, 0.15) is 5.15 Å². The van der Waals surface area contributed by atoms with Crippen molar-refractivity contribution in [3.05, 3.63) is 41.0 Å². The van der Waals surface area contributed by atoms with E-state index in [0.717, 1.165) is 23.4 Å². The van der Waals surface area contributed by atoms with Crippen LogP contribution in [0.25, 0.3) is 11.3 Å². The second kappa shape index (κ2) is 8.29. The zero-order valence-electron chi connectivity index (χ0n) is 13.0. The third-order valence-electron chi connectivity index (χ3n) is 3.53. The van der Waals surface area contributed by atoms with Crippen LogP contribution in [-0.2, 0) is 18.3 Å². The SMILES string of the molecule is COCCN(CCO)Cc1c(-c2ccccc2)nn(C)c1Cl. The lowest BCUT2D eigenvalue weighted by atomic mass is 10.1. The largest absolute Gasteiger partial charge is 0.395 e. The highest BCUT2D eigenvalue weighted by Gasteiger charge is 2.18. The van der Waals surface area contributed by atoms with E-state index in [1.165, 1.54) is 0 Å². The molecule has 0 aliphatic carbocycles. The van der Waals surface area contributed by atoms with E-state index in [-0.39, 0.29) is 6.61 Å². The molecule has 0 fully saturated rings. The average molecular weight is 324 g/mol. The second-order valence-corrected chi connectivity index (χ2v) is 5.46. The Hall–Kier alpha value is -1.40. The summed E-state index contributed by atoms with van der Waals surface area (Å²) < 4.78 is 6.82. The molecular weight excluding hydrogens is 302 g/mol. The summed E-state index contributed by atoms with van der Waals surface area (Å²) in [5.74, 6) is 0. The molecular formula is C16H22ClN3O2. The highest BCUT2D eigenvalue weighted by molar-refractivity contribution is 6.30. The molecule has 0 aliphatic heterocycles. The molecule has 0 unspecified atom stereocenters. The average Bonchev–Trinajstić information content (AvgIpc) is 2.82. The third-order valence-corrected chi connectivity index (χ3v) is 4.00. The Morgan fingerprint density at radius 2 is 2.00 bits per heavy atom. The van der Waals surface area contributed by atoms with Gasteiger partial charge >= 0.3 is 0 Å². The molecule has 2 rings (SSSR count). The first-order valence-electron chi connectivity index (χ1n) is 7.26. The van der Waals surface area contributed by atoms with Crippen molar-refractivity contribution in [2.75, 3.05) is 33.4 Å². The summed E-state index contributed by atoms with van der Waals surface area (Å²) in [4.78, 5) is 2.11. The van der Waals surface area contributed by atoms with Gasteiger partial charge in [-0.1, -0.05) is 41.9 Å². The van der Waals surface area contributed by atoms with Gasteiger partial charge in [-0.25, -0.2) is 0 Å². The number of hydrogen-bond acceptors (Lipinski definition) is 4. The van der Waals surface area contributed by atoms with Gasteiger partial charge in [-0.15, -0.1) is 0 Å². The van der Waals surface area contributed by atoms with E-state index < -0.39 is 0 Å². The number of rotatable bonds is 8. The molecule has 1 N–H and O–H groups in total. The Morgan fingerprint density at radius 3 is 2.64 bits per heavy atom. The fourth-order valence-electron chi connectivity index (χ4n) is 2.37. The lowest BCUT2D eigenvalue weighted by molar-refractivity contribution is 0.127. The third kappa shape index (κ3) is 4.08. The number of aromatic nitrogens is 2. The normalized spacial score (nSPS) is 11.3. The first-order valence-corrected chi connectivity index (χ1v) is 7.64. The molecule has 0 amide bonds. The fourth-order valence-corrected chi connectivity index (χ4v) is 2.56. The summed E-state index contributed by atoms with van der Waals surface area (Å²) >= 11 is 6.42. The van der Waals surface area contributed by atoms with E-state index in [1.54, 1.807) is 11.8 Å². The van der Waals surface area contributed by atoms with Crippen LogP contribution in [0.1, 0.15) is 5.56 Å². The van der Waals surface area contributed by atoms with Crippen LogP contribution in [-0.4, -0.2) is 53.2 Å². The minimum atomic E-state index is 0.0995. The van der Waals surface area contributed by atoms with Crippen LogP contribution >= 0.6 is 11.6 Å². The number of halogens is 1. The van der Waals surface area contributed by atoms with Crippen molar-refractivity contribution < 1.29 is 9.84 Å². The number of aliphatic hydroxyl groups excluding tert-OH is 1. The standard InChI is InChI=1S/C16H22ClN3O2/c1-19-16(17)14(12-20(8-10-21)9-11-22-2)15(18-19)13-6-4-3-5-7-13/h3-7,21H,8-12H2,1-2H3. The molecule has 2 aromatic rings. The Balaban J connectivity index is 2.29. The second-order valence-electron chi connectivity index (χ2n) is 5.10. The van der Waals surface area contributed by atoms with Gasteiger partial charge in [0.25, 0.3) is 0 Å². The molecule has 0 atom stereocenters. The Kier molecular flexibility index (Phi) is 6.39. The number of benzene rings is 1. The maximum atomic E-state index is 9.24. The molecule has 5 nitrogen and oxygen atoms in total. The summed E-state index contributed by atoms with van der Waals surface area (Å²) in [6, 6.07) is 9.99. The van der Waals surface area contributed by atoms with Crippen LogP contribution in [0.3, 0.4) is 0 Å². The predicted octanol–water partition coefficient (Wildman–Crippen LogP) is 2.18. The Morgan fingerprint density at radius 1 is 1.27 bits per heavy atom. The van der Waals surface area contributed by atoms with E-state index in [2.05, 4.69) is 10.00 Å². The van der Waals surface area contributed by atoms with Crippen molar-refractivity contribution in [3.63, 3.8) is 0 Å². The zero-order valence-corrected chi connectivity index (χ0v) is 13.8. The van der Waals surface area contributed by atoms with Crippen molar-refractivity contribution in [1.29, 1.82) is 0 Å². The molecule has 1 aromatic carbocycles. The highest BCUT2D eigenvalue weighted by Crippen LogP contribution is 2.29. The van der Waals surface area contributed by atoms with Crippen molar-refractivity contribution in [3.8, 4) is 11.3 Å². The van der Waals surface area contributed by atoms with Crippen LogP contribution < -0.4 is 0 Å². The van der Waals surface area contributed by atoms with Crippen molar-refractivity contribution >= 4 is 11.6 Å². The number of methoxy groups -OCH3 is 1. The molecule has 0 spiro atoms. The smallest absolute Gasteiger partial charge is 0.131 e. The van der Waals surface area contributed by atoms with Gasteiger partial charge in [-0.2, -0.15) is 5.10 Å². The molecule has 0 bridgehead atoms. The molecule has 0 aliphatic rings. The molecule has 0 saturated heterocycles. The minimum absolute atomic E-state index is 0.0995. The summed E-state index contributed by atoms with van der Waals surface area (Å²) in [7, 11) is 3.51. The molecule has 1 aromatic heterocycles. The van der Waals surface area contributed by atoms with Crippen LogP contribution in [0.5, 0.6) is 0 Å². The minimum Gasteiger partial charge on any atom is -0.395 e. The summed E-state index contributed by atoms with van der Waals surface area (Å²) in [6.07, 6.45) is 0. The Labute approximate surface area is 136 Å². The van der Waals surface area contributed by atoms with Gasteiger partial charge in [0, 0.05) is 44.9 Å². The lowest BCUT2D eigenvalue weighted by Gasteiger charge is -2.21. The molecule has 6 heteroatoms. The monoisotopic (exact) mass is 323 g/mol. The summed E-state index contributed by atoms with van der Waals surface area (Å²) in [6.45, 7) is 2.64. The van der Waals surface area contributed by atoms with E-state index >= 15 is 0 Å². The van der Waals surface area contributed by atoms with Crippen LogP contribution in [0, 0.1) is 0 Å². The highest BCUT2D eigenvalue weighted by atomic mass is 35.5. The number of ether oxygens (including phenoxy) is 1.